The van der Waals surface area contributed by atoms with E-state index in [4.69, 9.17) is 0 Å². The number of carboxylic acids is 1. The van der Waals surface area contributed by atoms with Crippen molar-refractivity contribution in [3.05, 3.63) is 51.2 Å². The zero-order valence-corrected chi connectivity index (χ0v) is 12.5. The minimum absolute atomic E-state index is 0.232. The van der Waals surface area contributed by atoms with Gasteiger partial charge in [0.15, 0.2) is 0 Å². The normalized spacial score (nSPS) is 17.0. The third-order valence-corrected chi connectivity index (χ3v) is 5.60. The molecule has 3 nitrogen and oxygen atoms in total. The fraction of sp³-hybridized carbons (Fsp3) is 0.375. The Bertz CT molecular complexity index is 689. The summed E-state index contributed by atoms with van der Waals surface area (Å²) < 4.78 is 14.3. The van der Waals surface area contributed by atoms with Gasteiger partial charge >= 0.3 is 5.97 Å². The van der Waals surface area contributed by atoms with Crippen LogP contribution in [-0.2, 0) is 5.41 Å². The van der Waals surface area contributed by atoms with E-state index in [2.05, 4.69) is 4.98 Å². The summed E-state index contributed by atoms with van der Waals surface area (Å²) in [5.41, 5.74) is 0.701. The molecule has 0 spiro atoms. The molecule has 0 saturated heterocycles. The molecular formula is C16H16FNO2S. The number of benzene rings is 1. The van der Waals surface area contributed by atoms with Gasteiger partial charge in [0.2, 0.25) is 0 Å². The van der Waals surface area contributed by atoms with Crippen LogP contribution in [0.5, 0.6) is 0 Å². The lowest BCUT2D eigenvalue weighted by Gasteiger charge is -2.27. The van der Waals surface area contributed by atoms with Gasteiger partial charge in [-0.25, -0.2) is 14.2 Å². The topological polar surface area (TPSA) is 50.2 Å². The number of hydrogen-bond acceptors (Lipinski definition) is 3. The summed E-state index contributed by atoms with van der Waals surface area (Å²) in [5.74, 6) is -1.19. The molecule has 0 amide bonds. The lowest BCUT2D eigenvalue weighted by Crippen LogP contribution is -2.25. The van der Waals surface area contributed by atoms with E-state index in [0.29, 0.717) is 11.3 Å². The van der Waals surface area contributed by atoms with Crippen LogP contribution in [0.25, 0.3) is 0 Å². The number of thiazole rings is 1. The first kappa shape index (κ1) is 14.2. The Kier molecular flexibility index (Phi) is 3.53. The molecule has 110 valence electrons. The van der Waals surface area contributed by atoms with E-state index in [1.165, 1.54) is 17.4 Å². The lowest BCUT2D eigenvalue weighted by molar-refractivity contribution is 0.0701. The standard InChI is InChI=1S/C16H16FNO2S/c1-10-13(14(19)20)21-15(18-10)16(8-4-5-9-16)11-6-2-3-7-12(11)17/h2-3,6-7H,4-5,8-9H2,1H3,(H,19,20). The molecule has 1 fully saturated rings. The fourth-order valence-corrected chi connectivity index (χ4v) is 4.39. The van der Waals surface area contributed by atoms with Crippen molar-refractivity contribution in [2.45, 2.75) is 38.0 Å². The first-order chi connectivity index (χ1) is 10.0. The largest absolute Gasteiger partial charge is 0.477 e. The molecule has 1 aromatic heterocycles. The molecule has 5 heteroatoms. The molecule has 0 atom stereocenters. The molecule has 0 radical (unpaired) electrons. The van der Waals surface area contributed by atoms with Crippen molar-refractivity contribution < 1.29 is 14.3 Å². The Morgan fingerprint density at radius 2 is 2.00 bits per heavy atom. The van der Waals surface area contributed by atoms with Gasteiger partial charge in [-0.1, -0.05) is 31.0 Å². The second-order valence-electron chi connectivity index (χ2n) is 5.51. The number of aryl methyl sites for hydroxylation is 1. The molecule has 0 aliphatic heterocycles. The average Bonchev–Trinajstić information content (AvgIpc) is 3.06. The van der Waals surface area contributed by atoms with Gasteiger partial charge in [0, 0.05) is 5.56 Å². The summed E-state index contributed by atoms with van der Waals surface area (Å²) in [4.78, 5) is 16.0. The van der Waals surface area contributed by atoms with Gasteiger partial charge in [-0.15, -0.1) is 11.3 Å². The van der Waals surface area contributed by atoms with E-state index >= 15 is 0 Å². The van der Waals surface area contributed by atoms with Gasteiger partial charge in [0.05, 0.1) is 11.1 Å². The molecule has 1 aliphatic rings. The van der Waals surface area contributed by atoms with Crippen molar-refractivity contribution in [3.8, 4) is 0 Å². The Morgan fingerprint density at radius 3 is 2.57 bits per heavy atom. The number of carboxylic acid groups (broad SMARTS) is 1. The number of aromatic carboxylic acids is 1. The Labute approximate surface area is 126 Å². The second kappa shape index (κ2) is 5.22. The van der Waals surface area contributed by atoms with Gasteiger partial charge in [-0.05, 0) is 25.8 Å². The van der Waals surface area contributed by atoms with E-state index in [9.17, 15) is 14.3 Å². The van der Waals surface area contributed by atoms with Crippen molar-refractivity contribution in [2.24, 2.45) is 0 Å². The molecule has 0 unspecified atom stereocenters. The zero-order valence-electron chi connectivity index (χ0n) is 11.7. The SMILES string of the molecule is Cc1nc(C2(c3ccccc3F)CCCC2)sc1C(=O)O. The number of nitrogens with zero attached hydrogens (tertiary/aromatic N) is 1. The van der Waals surface area contributed by atoms with E-state index in [0.717, 1.165) is 30.7 Å². The van der Waals surface area contributed by atoms with Gasteiger partial charge in [0.25, 0.3) is 0 Å². The van der Waals surface area contributed by atoms with Crippen LogP contribution in [0.15, 0.2) is 24.3 Å². The summed E-state index contributed by atoms with van der Waals surface area (Å²) in [7, 11) is 0. The maximum Gasteiger partial charge on any atom is 0.347 e. The Morgan fingerprint density at radius 1 is 1.33 bits per heavy atom. The number of rotatable bonds is 3. The predicted molar refractivity (Wildman–Crippen MR) is 79.5 cm³/mol. The first-order valence-electron chi connectivity index (χ1n) is 7.01. The van der Waals surface area contributed by atoms with Crippen LogP contribution in [0.1, 0.15) is 51.6 Å². The Balaban J connectivity index is 2.17. The third kappa shape index (κ3) is 2.25. The highest BCUT2D eigenvalue weighted by Crippen LogP contribution is 2.48. The van der Waals surface area contributed by atoms with Crippen LogP contribution < -0.4 is 0 Å². The minimum Gasteiger partial charge on any atom is -0.477 e. The number of hydrogen-bond donors (Lipinski definition) is 1. The zero-order chi connectivity index (χ0) is 15.0. The van der Waals surface area contributed by atoms with Crippen molar-refractivity contribution >= 4 is 17.3 Å². The first-order valence-corrected chi connectivity index (χ1v) is 7.82. The second-order valence-corrected chi connectivity index (χ2v) is 6.51. The molecule has 1 N–H and O–H groups in total. The summed E-state index contributed by atoms with van der Waals surface area (Å²) in [5, 5.41) is 9.96. The van der Waals surface area contributed by atoms with E-state index in [1.54, 1.807) is 19.1 Å². The summed E-state index contributed by atoms with van der Waals surface area (Å²) in [6.45, 7) is 1.70. The quantitative estimate of drug-likeness (QED) is 0.926. The summed E-state index contributed by atoms with van der Waals surface area (Å²) in [6.07, 6.45) is 3.66. The lowest BCUT2D eigenvalue weighted by atomic mass is 9.79. The maximum atomic E-state index is 14.3. The van der Waals surface area contributed by atoms with Gasteiger partial charge < -0.3 is 5.11 Å². The maximum absolute atomic E-state index is 14.3. The highest BCUT2D eigenvalue weighted by molar-refractivity contribution is 7.13. The van der Waals surface area contributed by atoms with Crippen molar-refractivity contribution in [3.63, 3.8) is 0 Å². The minimum atomic E-state index is -0.960. The van der Waals surface area contributed by atoms with Crippen molar-refractivity contribution in [2.75, 3.05) is 0 Å². The molecule has 1 aliphatic carbocycles. The molecule has 2 aromatic rings. The van der Waals surface area contributed by atoms with Crippen LogP contribution >= 0.6 is 11.3 Å². The van der Waals surface area contributed by atoms with Crippen molar-refractivity contribution in [1.29, 1.82) is 0 Å². The van der Waals surface area contributed by atoms with Gasteiger partial charge in [-0.2, -0.15) is 0 Å². The number of aromatic nitrogens is 1. The van der Waals surface area contributed by atoms with Crippen LogP contribution in [0.3, 0.4) is 0 Å². The third-order valence-electron chi connectivity index (χ3n) is 4.25. The van der Waals surface area contributed by atoms with Gasteiger partial charge in [-0.3, -0.25) is 0 Å². The molecule has 1 saturated carbocycles. The fourth-order valence-electron chi connectivity index (χ4n) is 3.23. The molecule has 1 aromatic carbocycles. The van der Waals surface area contributed by atoms with Gasteiger partial charge in [0.1, 0.15) is 15.7 Å². The summed E-state index contributed by atoms with van der Waals surface area (Å²) in [6, 6.07) is 6.78. The molecule has 1 heterocycles. The van der Waals surface area contributed by atoms with Crippen molar-refractivity contribution in [1.82, 2.24) is 4.98 Å². The van der Waals surface area contributed by atoms with E-state index in [-0.39, 0.29) is 10.7 Å². The van der Waals surface area contributed by atoms with E-state index in [1.807, 2.05) is 6.07 Å². The molecule has 3 rings (SSSR count). The highest BCUT2D eigenvalue weighted by Gasteiger charge is 2.42. The highest BCUT2D eigenvalue weighted by atomic mass is 32.1. The smallest absolute Gasteiger partial charge is 0.347 e. The average molecular weight is 305 g/mol. The number of halogens is 1. The summed E-state index contributed by atoms with van der Waals surface area (Å²) >= 11 is 1.19. The molecular weight excluding hydrogens is 289 g/mol. The van der Waals surface area contributed by atoms with Crippen LogP contribution in [0, 0.1) is 12.7 Å². The van der Waals surface area contributed by atoms with Crippen LogP contribution in [0.4, 0.5) is 4.39 Å². The molecule has 0 bridgehead atoms. The number of carbonyl (C=O) groups is 1. The molecule has 21 heavy (non-hydrogen) atoms. The predicted octanol–water partition coefficient (Wildman–Crippen LogP) is 4.15. The Hall–Kier alpha value is -1.75. The monoisotopic (exact) mass is 305 g/mol. The van der Waals surface area contributed by atoms with Crippen LogP contribution in [0.2, 0.25) is 0 Å². The van der Waals surface area contributed by atoms with E-state index < -0.39 is 11.4 Å². The van der Waals surface area contributed by atoms with Crippen LogP contribution in [-0.4, -0.2) is 16.1 Å².